The first-order chi connectivity index (χ1) is 17.2. The highest BCUT2D eigenvalue weighted by Gasteiger charge is 2.40. The molecule has 1 aliphatic carbocycles. The highest BCUT2D eigenvalue weighted by Crippen LogP contribution is 2.41. The van der Waals surface area contributed by atoms with Gasteiger partial charge >= 0.3 is 12.1 Å². The summed E-state index contributed by atoms with van der Waals surface area (Å²) in [6, 6.07) is 13.1. The van der Waals surface area contributed by atoms with Gasteiger partial charge < -0.3 is 20.3 Å². The third kappa shape index (κ3) is 5.19. The quantitative estimate of drug-likeness (QED) is 0.621. The molecule has 0 saturated heterocycles. The van der Waals surface area contributed by atoms with Crippen molar-refractivity contribution in [3.63, 3.8) is 0 Å². The summed E-state index contributed by atoms with van der Waals surface area (Å²) >= 11 is 0. The van der Waals surface area contributed by atoms with Gasteiger partial charge in [0.15, 0.2) is 0 Å². The van der Waals surface area contributed by atoms with E-state index in [1.807, 2.05) is 37.3 Å². The van der Waals surface area contributed by atoms with Crippen molar-refractivity contribution >= 4 is 30.1 Å². The molecule has 9 heteroatoms. The van der Waals surface area contributed by atoms with Crippen molar-refractivity contribution in [2.24, 2.45) is 0 Å². The topological polar surface area (TPSA) is 108 Å². The van der Waals surface area contributed by atoms with E-state index in [1.54, 1.807) is 17.9 Å². The SMILES string of the molecule is CNC(=O)Nc1ccc2c(c1)CC[C@]2(C)OC(=O)N(C=O)CC(=O)N1Cc2ccccc2CC[C@H]1C. The number of imide groups is 1. The number of urea groups is 1. The van der Waals surface area contributed by atoms with Crippen LogP contribution < -0.4 is 10.6 Å². The number of fused-ring (bicyclic) bond motifs is 2. The van der Waals surface area contributed by atoms with Crippen LogP contribution in [0, 0.1) is 0 Å². The number of nitrogens with zero attached hydrogens (tertiary/aromatic N) is 2. The average molecular weight is 493 g/mol. The number of aryl methyl sites for hydroxylation is 2. The molecule has 190 valence electrons. The number of ether oxygens (including phenoxy) is 1. The molecule has 2 atom stereocenters. The number of hydrogen-bond donors (Lipinski definition) is 2. The Labute approximate surface area is 210 Å². The molecule has 2 N–H and O–H groups in total. The van der Waals surface area contributed by atoms with Crippen LogP contribution in [-0.4, -0.2) is 53.9 Å². The lowest BCUT2D eigenvalue weighted by Crippen LogP contribution is -2.46. The molecular formula is C27H32N4O5. The number of nitrogens with one attached hydrogen (secondary N) is 2. The molecule has 4 rings (SSSR count). The summed E-state index contributed by atoms with van der Waals surface area (Å²) in [5, 5.41) is 5.23. The van der Waals surface area contributed by atoms with Gasteiger partial charge in [0, 0.05) is 25.3 Å². The monoisotopic (exact) mass is 492 g/mol. The summed E-state index contributed by atoms with van der Waals surface area (Å²) in [6.45, 7) is 3.83. The van der Waals surface area contributed by atoms with Crippen LogP contribution in [0.5, 0.6) is 0 Å². The molecular weight excluding hydrogens is 460 g/mol. The second kappa shape index (κ2) is 10.4. The van der Waals surface area contributed by atoms with Gasteiger partial charge in [0.05, 0.1) is 0 Å². The van der Waals surface area contributed by atoms with Gasteiger partial charge in [-0.05, 0) is 73.9 Å². The molecule has 0 unspecified atom stereocenters. The Bertz CT molecular complexity index is 1180. The van der Waals surface area contributed by atoms with Gasteiger partial charge in [0.25, 0.3) is 0 Å². The molecule has 2 aliphatic rings. The fourth-order valence-electron chi connectivity index (χ4n) is 4.98. The summed E-state index contributed by atoms with van der Waals surface area (Å²) in [5.41, 5.74) is 3.75. The van der Waals surface area contributed by atoms with Crippen molar-refractivity contribution in [3.8, 4) is 0 Å². The van der Waals surface area contributed by atoms with Crippen molar-refractivity contribution < 1.29 is 23.9 Å². The van der Waals surface area contributed by atoms with Gasteiger partial charge in [-0.3, -0.25) is 9.59 Å². The van der Waals surface area contributed by atoms with Crippen molar-refractivity contribution in [3.05, 3.63) is 64.7 Å². The first-order valence-electron chi connectivity index (χ1n) is 12.2. The first kappa shape index (κ1) is 25.2. The minimum Gasteiger partial charge on any atom is -0.438 e. The van der Waals surface area contributed by atoms with Crippen molar-refractivity contribution in [2.45, 2.75) is 57.7 Å². The zero-order valence-corrected chi connectivity index (χ0v) is 20.9. The lowest BCUT2D eigenvalue weighted by atomic mass is 9.98. The molecule has 9 nitrogen and oxygen atoms in total. The molecule has 36 heavy (non-hydrogen) atoms. The maximum Gasteiger partial charge on any atom is 0.417 e. The van der Waals surface area contributed by atoms with Crippen LogP contribution in [0.2, 0.25) is 0 Å². The fourth-order valence-corrected chi connectivity index (χ4v) is 4.98. The number of benzene rings is 2. The summed E-state index contributed by atoms with van der Waals surface area (Å²) in [5.74, 6) is -0.301. The van der Waals surface area contributed by atoms with E-state index in [9.17, 15) is 19.2 Å². The molecule has 0 spiro atoms. The Morgan fingerprint density at radius 3 is 2.61 bits per heavy atom. The molecule has 1 aliphatic heterocycles. The van der Waals surface area contributed by atoms with Crippen LogP contribution in [0.4, 0.5) is 15.3 Å². The second-order valence-corrected chi connectivity index (χ2v) is 9.59. The van der Waals surface area contributed by atoms with Gasteiger partial charge in [-0.1, -0.05) is 30.3 Å². The molecule has 1 heterocycles. The number of anilines is 1. The third-order valence-corrected chi connectivity index (χ3v) is 7.15. The Morgan fingerprint density at radius 1 is 1.14 bits per heavy atom. The van der Waals surface area contributed by atoms with E-state index in [2.05, 4.69) is 16.7 Å². The average Bonchev–Trinajstić information content (AvgIpc) is 3.08. The summed E-state index contributed by atoms with van der Waals surface area (Å²) < 4.78 is 5.80. The highest BCUT2D eigenvalue weighted by molar-refractivity contribution is 5.90. The highest BCUT2D eigenvalue weighted by atomic mass is 16.6. The van der Waals surface area contributed by atoms with E-state index in [1.165, 1.54) is 12.6 Å². The van der Waals surface area contributed by atoms with Gasteiger partial charge in [-0.2, -0.15) is 0 Å². The Hall–Kier alpha value is -3.88. The maximum absolute atomic E-state index is 13.2. The minimum absolute atomic E-state index is 0.0220. The van der Waals surface area contributed by atoms with E-state index in [4.69, 9.17) is 4.74 Å². The summed E-state index contributed by atoms with van der Waals surface area (Å²) in [6.07, 6.45) is 2.35. The lowest BCUT2D eigenvalue weighted by Gasteiger charge is -2.31. The van der Waals surface area contributed by atoms with Gasteiger partial charge in [0.2, 0.25) is 12.3 Å². The Morgan fingerprint density at radius 2 is 1.89 bits per heavy atom. The fraction of sp³-hybridized carbons (Fsp3) is 0.407. The maximum atomic E-state index is 13.2. The first-order valence-corrected chi connectivity index (χ1v) is 12.2. The standard InChI is InChI=1S/C27H32N4O5/c1-18-8-9-19-6-4-5-7-21(19)15-31(18)24(33)16-30(17-32)26(35)36-27(2)13-12-20-14-22(10-11-23(20)27)29-25(34)28-3/h4-7,10-11,14,17-18H,8-9,12-13,15-16H2,1-3H3,(H2,28,29,34)/t18-,27+/m1/s1. The lowest BCUT2D eigenvalue weighted by molar-refractivity contribution is -0.138. The zero-order chi connectivity index (χ0) is 25.9. The molecule has 0 bridgehead atoms. The normalized spacial score (nSPS) is 20.4. The Kier molecular flexibility index (Phi) is 7.28. The molecule has 2 aromatic carbocycles. The van der Waals surface area contributed by atoms with E-state index in [0.717, 1.165) is 34.4 Å². The van der Waals surface area contributed by atoms with Crippen LogP contribution in [0.25, 0.3) is 0 Å². The molecule has 0 radical (unpaired) electrons. The van der Waals surface area contributed by atoms with Crippen LogP contribution >= 0.6 is 0 Å². The van der Waals surface area contributed by atoms with E-state index < -0.39 is 11.7 Å². The van der Waals surface area contributed by atoms with Crippen molar-refractivity contribution in [1.82, 2.24) is 15.1 Å². The molecule has 0 aromatic heterocycles. The predicted octanol–water partition coefficient (Wildman–Crippen LogP) is 3.56. The van der Waals surface area contributed by atoms with Gasteiger partial charge in [-0.15, -0.1) is 0 Å². The van der Waals surface area contributed by atoms with Crippen LogP contribution in [-0.2, 0) is 39.3 Å². The summed E-state index contributed by atoms with van der Waals surface area (Å²) in [7, 11) is 1.54. The van der Waals surface area contributed by atoms with Crippen LogP contribution in [0.3, 0.4) is 0 Å². The predicted molar refractivity (Wildman–Crippen MR) is 134 cm³/mol. The number of amides is 5. The zero-order valence-electron chi connectivity index (χ0n) is 20.9. The van der Waals surface area contributed by atoms with Crippen molar-refractivity contribution in [2.75, 3.05) is 18.9 Å². The molecule has 0 fully saturated rings. The number of carbonyl (C=O) groups excluding carboxylic acids is 4. The van der Waals surface area contributed by atoms with Crippen LogP contribution in [0.1, 0.15) is 48.9 Å². The largest absolute Gasteiger partial charge is 0.438 e. The number of hydrogen-bond acceptors (Lipinski definition) is 5. The Balaban J connectivity index is 1.44. The minimum atomic E-state index is -0.947. The second-order valence-electron chi connectivity index (χ2n) is 9.59. The number of rotatable bonds is 5. The van der Waals surface area contributed by atoms with Crippen LogP contribution in [0.15, 0.2) is 42.5 Å². The molecule has 0 saturated carbocycles. The smallest absolute Gasteiger partial charge is 0.417 e. The summed E-state index contributed by atoms with van der Waals surface area (Å²) in [4.78, 5) is 52.1. The van der Waals surface area contributed by atoms with Gasteiger partial charge in [0.1, 0.15) is 12.1 Å². The van der Waals surface area contributed by atoms with E-state index >= 15 is 0 Å². The number of carbonyl (C=O) groups is 4. The van der Waals surface area contributed by atoms with E-state index in [0.29, 0.717) is 31.5 Å². The molecule has 2 aromatic rings. The van der Waals surface area contributed by atoms with E-state index in [-0.39, 0.29) is 24.5 Å². The van der Waals surface area contributed by atoms with Crippen molar-refractivity contribution in [1.29, 1.82) is 0 Å². The molecule has 5 amide bonds. The van der Waals surface area contributed by atoms with Gasteiger partial charge in [-0.25, -0.2) is 14.5 Å². The third-order valence-electron chi connectivity index (χ3n) is 7.15.